The molecule has 0 fully saturated rings. The summed E-state index contributed by atoms with van der Waals surface area (Å²) in [5.41, 5.74) is 6.96. The summed E-state index contributed by atoms with van der Waals surface area (Å²) in [7, 11) is 0. The van der Waals surface area contributed by atoms with Gasteiger partial charge in [0.25, 0.3) is 5.91 Å². The number of anilines is 1. The summed E-state index contributed by atoms with van der Waals surface area (Å²) in [6.45, 7) is -0.106. The van der Waals surface area contributed by atoms with Gasteiger partial charge in [0.1, 0.15) is 10.7 Å². The monoisotopic (exact) mass is 412 g/mol. The first-order chi connectivity index (χ1) is 10.1. The predicted molar refractivity (Wildman–Crippen MR) is 95.6 cm³/mol. The number of halogens is 1. The highest BCUT2D eigenvalue weighted by Gasteiger charge is 2.08. The first-order valence-corrected chi connectivity index (χ1v) is 7.62. The summed E-state index contributed by atoms with van der Waals surface area (Å²) in [5.74, 6) is 0.261. The van der Waals surface area contributed by atoms with Gasteiger partial charge in [0.05, 0.1) is 5.56 Å². The molecule has 0 aliphatic rings. The van der Waals surface area contributed by atoms with Gasteiger partial charge in [-0.2, -0.15) is 0 Å². The van der Waals surface area contributed by atoms with Gasteiger partial charge in [0.15, 0.2) is 6.61 Å². The maximum absolute atomic E-state index is 11.8. The Morgan fingerprint density at radius 2 is 1.86 bits per heavy atom. The van der Waals surface area contributed by atoms with Gasteiger partial charge < -0.3 is 15.8 Å². The van der Waals surface area contributed by atoms with Crippen LogP contribution in [0, 0.1) is 3.57 Å². The number of hydrogen-bond donors (Lipinski definition) is 2. The summed E-state index contributed by atoms with van der Waals surface area (Å²) in [6.07, 6.45) is 0. The Hall–Kier alpha value is -1.67. The van der Waals surface area contributed by atoms with Crippen LogP contribution in [0.1, 0.15) is 5.56 Å². The van der Waals surface area contributed by atoms with Gasteiger partial charge in [-0.25, -0.2) is 0 Å². The molecular formula is C15H13IN2O2S. The lowest BCUT2D eigenvalue weighted by atomic mass is 10.2. The molecule has 0 unspecified atom stereocenters. The number of nitrogens with two attached hydrogens (primary N) is 1. The van der Waals surface area contributed by atoms with Crippen molar-refractivity contribution in [3.05, 3.63) is 57.7 Å². The van der Waals surface area contributed by atoms with Crippen molar-refractivity contribution < 1.29 is 9.53 Å². The number of benzene rings is 2. The van der Waals surface area contributed by atoms with Crippen LogP contribution < -0.4 is 15.8 Å². The molecule has 4 nitrogen and oxygen atoms in total. The summed E-state index contributed by atoms with van der Waals surface area (Å²) in [6, 6.07) is 14.6. The highest BCUT2D eigenvalue weighted by molar-refractivity contribution is 14.1. The number of carbonyl (C=O) groups excluding carboxylic acids is 1. The number of carbonyl (C=O) groups is 1. The molecule has 2 aromatic carbocycles. The third kappa shape index (κ3) is 4.68. The number of nitrogens with one attached hydrogen (secondary N) is 1. The third-order valence-corrected chi connectivity index (χ3v) is 3.58. The van der Waals surface area contributed by atoms with Crippen LogP contribution in [0.25, 0.3) is 0 Å². The summed E-state index contributed by atoms with van der Waals surface area (Å²) in [5, 5.41) is 2.76. The highest BCUT2D eigenvalue weighted by Crippen LogP contribution is 2.17. The van der Waals surface area contributed by atoms with Crippen molar-refractivity contribution in [1.82, 2.24) is 0 Å². The molecule has 21 heavy (non-hydrogen) atoms. The molecule has 1 amide bonds. The summed E-state index contributed by atoms with van der Waals surface area (Å²) < 4.78 is 6.58. The van der Waals surface area contributed by atoms with Gasteiger partial charge in [-0.1, -0.05) is 24.4 Å². The second-order valence-corrected chi connectivity index (χ2v) is 5.89. The van der Waals surface area contributed by atoms with E-state index in [2.05, 4.69) is 27.9 Å². The van der Waals surface area contributed by atoms with E-state index in [0.29, 0.717) is 11.3 Å². The Bertz CT molecular complexity index is 659. The van der Waals surface area contributed by atoms with Gasteiger partial charge in [0, 0.05) is 9.26 Å². The lowest BCUT2D eigenvalue weighted by Gasteiger charge is -2.10. The third-order valence-electron chi connectivity index (χ3n) is 2.64. The Labute approximate surface area is 141 Å². The van der Waals surface area contributed by atoms with Crippen molar-refractivity contribution in [3.63, 3.8) is 0 Å². The molecule has 108 valence electrons. The molecule has 2 rings (SSSR count). The Morgan fingerprint density at radius 3 is 2.52 bits per heavy atom. The van der Waals surface area contributed by atoms with Crippen LogP contribution >= 0.6 is 34.8 Å². The molecule has 0 atom stereocenters. The van der Waals surface area contributed by atoms with E-state index in [4.69, 9.17) is 22.7 Å². The zero-order chi connectivity index (χ0) is 15.2. The zero-order valence-corrected chi connectivity index (χ0v) is 14.0. The van der Waals surface area contributed by atoms with Crippen LogP contribution in [0.15, 0.2) is 48.5 Å². The first-order valence-electron chi connectivity index (χ1n) is 6.13. The van der Waals surface area contributed by atoms with Gasteiger partial charge >= 0.3 is 0 Å². The summed E-state index contributed by atoms with van der Waals surface area (Å²) in [4.78, 5) is 12.1. The van der Waals surface area contributed by atoms with Crippen LogP contribution in [0.2, 0.25) is 0 Å². The lowest BCUT2D eigenvalue weighted by Crippen LogP contribution is -2.21. The lowest BCUT2D eigenvalue weighted by molar-refractivity contribution is -0.118. The maximum atomic E-state index is 11.8. The predicted octanol–water partition coefficient (Wildman–Crippen LogP) is 2.94. The van der Waals surface area contributed by atoms with E-state index in [-0.39, 0.29) is 17.5 Å². The minimum atomic E-state index is -0.242. The van der Waals surface area contributed by atoms with Crippen molar-refractivity contribution in [2.75, 3.05) is 11.9 Å². The van der Waals surface area contributed by atoms with E-state index >= 15 is 0 Å². The van der Waals surface area contributed by atoms with Gasteiger partial charge in [-0.3, -0.25) is 4.79 Å². The molecule has 0 aromatic heterocycles. The van der Waals surface area contributed by atoms with E-state index < -0.39 is 0 Å². The molecule has 3 N–H and O–H groups in total. The van der Waals surface area contributed by atoms with Gasteiger partial charge in [-0.15, -0.1) is 0 Å². The number of amides is 1. The largest absolute Gasteiger partial charge is 0.483 e. The van der Waals surface area contributed by atoms with E-state index in [1.54, 1.807) is 18.2 Å². The van der Waals surface area contributed by atoms with Crippen molar-refractivity contribution in [1.29, 1.82) is 0 Å². The normalized spacial score (nSPS) is 9.95. The average Bonchev–Trinajstić information content (AvgIpc) is 2.48. The van der Waals surface area contributed by atoms with Crippen LogP contribution in [-0.4, -0.2) is 17.5 Å². The number of ether oxygens (including phenoxy) is 1. The fourth-order valence-electron chi connectivity index (χ4n) is 1.67. The molecule has 0 aliphatic carbocycles. The second kappa shape index (κ2) is 7.37. The summed E-state index contributed by atoms with van der Waals surface area (Å²) >= 11 is 7.15. The van der Waals surface area contributed by atoms with Gasteiger partial charge in [-0.05, 0) is 59.0 Å². The number of hydrogen-bond acceptors (Lipinski definition) is 3. The standard InChI is InChI=1S/C15H13IN2O2S/c16-10-5-7-11(8-6-10)18-14(19)9-20-13-4-2-1-3-12(13)15(17)21/h1-8H,9H2,(H2,17,21)(H,18,19). The van der Waals surface area contributed by atoms with Gasteiger partial charge in [0.2, 0.25) is 0 Å². The fourth-order valence-corrected chi connectivity index (χ4v) is 2.20. The average molecular weight is 412 g/mol. The van der Waals surface area contributed by atoms with E-state index in [1.807, 2.05) is 30.3 Å². The van der Waals surface area contributed by atoms with Crippen LogP contribution in [0.4, 0.5) is 5.69 Å². The molecule has 0 heterocycles. The number of rotatable bonds is 5. The molecule has 0 spiro atoms. The molecule has 0 saturated carbocycles. The van der Waals surface area contributed by atoms with Crippen molar-refractivity contribution >= 4 is 51.4 Å². The zero-order valence-electron chi connectivity index (χ0n) is 11.0. The topological polar surface area (TPSA) is 64.3 Å². The molecule has 0 saturated heterocycles. The SMILES string of the molecule is NC(=S)c1ccccc1OCC(=O)Nc1ccc(I)cc1. The minimum Gasteiger partial charge on any atom is -0.483 e. The van der Waals surface area contributed by atoms with E-state index in [0.717, 1.165) is 9.26 Å². The Kier molecular flexibility index (Phi) is 5.51. The Morgan fingerprint density at radius 1 is 1.19 bits per heavy atom. The molecule has 0 aliphatic heterocycles. The van der Waals surface area contributed by atoms with Crippen LogP contribution in [0.3, 0.4) is 0 Å². The molecule has 0 radical (unpaired) electrons. The maximum Gasteiger partial charge on any atom is 0.262 e. The van der Waals surface area contributed by atoms with Crippen LogP contribution in [0.5, 0.6) is 5.75 Å². The highest BCUT2D eigenvalue weighted by atomic mass is 127. The van der Waals surface area contributed by atoms with Crippen molar-refractivity contribution in [2.24, 2.45) is 5.73 Å². The number of para-hydroxylation sites is 1. The smallest absolute Gasteiger partial charge is 0.262 e. The minimum absolute atomic E-state index is 0.106. The fraction of sp³-hybridized carbons (Fsp3) is 0.0667. The first kappa shape index (κ1) is 15.7. The van der Waals surface area contributed by atoms with E-state index in [9.17, 15) is 4.79 Å². The quantitative estimate of drug-likeness (QED) is 0.586. The molecule has 2 aromatic rings. The van der Waals surface area contributed by atoms with Crippen molar-refractivity contribution in [3.8, 4) is 5.75 Å². The Balaban J connectivity index is 1.95. The van der Waals surface area contributed by atoms with Crippen molar-refractivity contribution in [2.45, 2.75) is 0 Å². The number of thiocarbonyl (C=S) groups is 1. The van der Waals surface area contributed by atoms with Crippen LogP contribution in [-0.2, 0) is 4.79 Å². The molecular weight excluding hydrogens is 399 g/mol. The molecule has 0 bridgehead atoms. The molecule has 6 heteroatoms. The van der Waals surface area contributed by atoms with E-state index in [1.165, 1.54) is 0 Å². The second-order valence-electron chi connectivity index (χ2n) is 4.20.